The molecule has 204 valence electrons. The standard InChI is InChI=1S/C29H32BrN5O4/c30-23-9-6-20(7-10-23)16-29(37)33-26(18-28(31)36)22-8-11-25(27(17-22)35(38)39)32-24-12-14-34(15-13-24)19-21-4-2-1-3-5-21/h1-11,17,24,26,32H,12-16,18-19H2,(H2,31,36)(H,33,37). The number of halogens is 1. The van der Waals surface area contributed by atoms with Crippen LogP contribution < -0.4 is 16.4 Å². The first-order valence-electron chi connectivity index (χ1n) is 12.9. The van der Waals surface area contributed by atoms with E-state index in [0.29, 0.717) is 11.3 Å². The van der Waals surface area contributed by atoms with Gasteiger partial charge in [-0.3, -0.25) is 24.6 Å². The van der Waals surface area contributed by atoms with E-state index in [4.69, 9.17) is 5.73 Å². The molecule has 1 aliphatic heterocycles. The SMILES string of the molecule is NC(=O)CC(NC(=O)Cc1ccc(Br)cc1)c1ccc(NC2CCN(Cc3ccccc3)CC2)c([N+](=O)[O-])c1. The molecule has 0 aliphatic carbocycles. The van der Waals surface area contributed by atoms with Crippen LogP contribution >= 0.6 is 15.9 Å². The summed E-state index contributed by atoms with van der Waals surface area (Å²) in [5.74, 6) is -0.924. The molecule has 1 saturated heterocycles. The van der Waals surface area contributed by atoms with Crippen LogP contribution in [0.15, 0.2) is 77.3 Å². The topological polar surface area (TPSA) is 131 Å². The number of hydrogen-bond acceptors (Lipinski definition) is 6. The van der Waals surface area contributed by atoms with Gasteiger partial charge in [-0.2, -0.15) is 0 Å². The highest BCUT2D eigenvalue weighted by molar-refractivity contribution is 9.10. The number of nitro benzene ring substituents is 1. The Bertz CT molecular complexity index is 1290. The number of hydrogen-bond donors (Lipinski definition) is 3. The highest BCUT2D eigenvalue weighted by atomic mass is 79.9. The van der Waals surface area contributed by atoms with Crippen molar-refractivity contribution in [2.45, 2.75) is 44.3 Å². The van der Waals surface area contributed by atoms with Crippen LogP contribution in [0, 0.1) is 10.1 Å². The van der Waals surface area contributed by atoms with E-state index in [9.17, 15) is 19.7 Å². The fraction of sp³-hybridized carbons (Fsp3) is 0.310. The van der Waals surface area contributed by atoms with Crippen LogP contribution in [-0.2, 0) is 22.6 Å². The van der Waals surface area contributed by atoms with Crippen LogP contribution in [0.2, 0.25) is 0 Å². The number of anilines is 1. The third-order valence-corrected chi connectivity index (χ3v) is 7.36. The zero-order valence-corrected chi connectivity index (χ0v) is 23.1. The number of carbonyl (C=O) groups is 2. The molecule has 1 atom stereocenters. The van der Waals surface area contributed by atoms with E-state index in [0.717, 1.165) is 42.5 Å². The second-order valence-electron chi connectivity index (χ2n) is 9.81. The molecule has 10 heteroatoms. The summed E-state index contributed by atoms with van der Waals surface area (Å²) in [7, 11) is 0. The maximum absolute atomic E-state index is 12.7. The number of amides is 2. The van der Waals surface area contributed by atoms with Crippen LogP contribution in [0.5, 0.6) is 0 Å². The van der Waals surface area contributed by atoms with Crippen LogP contribution in [0.3, 0.4) is 0 Å². The lowest BCUT2D eigenvalue weighted by Gasteiger charge is -2.32. The number of primary amides is 1. The van der Waals surface area contributed by atoms with Gasteiger partial charge in [-0.05, 0) is 47.7 Å². The minimum Gasteiger partial charge on any atom is -0.377 e. The summed E-state index contributed by atoms with van der Waals surface area (Å²) in [4.78, 5) is 38.4. The molecular formula is C29H32BrN5O4. The Morgan fingerprint density at radius 2 is 1.72 bits per heavy atom. The van der Waals surface area contributed by atoms with Crippen molar-refractivity contribution in [2.24, 2.45) is 5.73 Å². The van der Waals surface area contributed by atoms with E-state index in [1.54, 1.807) is 12.1 Å². The van der Waals surface area contributed by atoms with Crippen LogP contribution in [0.1, 0.15) is 42.0 Å². The molecule has 0 aromatic heterocycles. The van der Waals surface area contributed by atoms with E-state index in [-0.39, 0.29) is 30.5 Å². The van der Waals surface area contributed by atoms with Crippen molar-refractivity contribution in [3.05, 3.63) is 104 Å². The smallest absolute Gasteiger partial charge is 0.292 e. The Labute approximate surface area is 236 Å². The van der Waals surface area contributed by atoms with Gasteiger partial charge in [0.1, 0.15) is 5.69 Å². The number of nitro groups is 1. The Balaban J connectivity index is 1.42. The van der Waals surface area contributed by atoms with Gasteiger partial charge in [-0.15, -0.1) is 0 Å². The third kappa shape index (κ3) is 8.36. The summed E-state index contributed by atoms with van der Waals surface area (Å²) in [5.41, 5.74) is 8.28. The van der Waals surface area contributed by atoms with Gasteiger partial charge in [-0.25, -0.2) is 0 Å². The predicted octanol–water partition coefficient (Wildman–Crippen LogP) is 4.71. The predicted molar refractivity (Wildman–Crippen MR) is 154 cm³/mol. The Kier molecular flexibility index (Phi) is 9.67. The molecular weight excluding hydrogens is 562 g/mol. The molecule has 39 heavy (non-hydrogen) atoms. The van der Waals surface area contributed by atoms with E-state index in [1.165, 1.54) is 11.6 Å². The molecule has 0 saturated carbocycles. The summed E-state index contributed by atoms with van der Waals surface area (Å²) in [6.07, 6.45) is 1.66. The molecule has 0 radical (unpaired) electrons. The van der Waals surface area contributed by atoms with E-state index in [2.05, 4.69) is 43.6 Å². The Morgan fingerprint density at radius 3 is 2.36 bits per heavy atom. The van der Waals surface area contributed by atoms with Crippen molar-refractivity contribution in [1.82, 2.24) is 10.2 Å². The van der Waals surface area contributed by atoms with Crippen molar-refractivity contribution in [3.8, 4) is 0 Å². The number of rotatable bonds is 11. The van der Waals surface area contributed by atoms with Crippen molar-refractivity contribution in [1.29, 1.82) is 0 Å². The summed E-state index contributed by atoms with van der Waals surface area (Å²) in [6, 6.07) is 21.7. The average Bonchev–Trinajstić information content (AvgIpc) is 2.91. The number of carbonyl (C=O) groups excluding carboxylic acids is 2. The first-order chi connectivity index (χ1) is 18.8. The number of benzene rings is 3. The van der Waals surface area contributed by atoms with Gasteiger partial charge in [0.15, 0.2) is 0 Å². The van der Waals surface area contributed by atoms with Crippen LogP contribution in [0.4, 0.5) is 11.4 Å². The molecule has 4 N–H and O–H groups in total. The van der Waals surface area contributed by atoms with E-state index >= 15 is 0 Å². The number of nitrogens with zero attached hydrogens (tertiary/aromatic N) is 2. The zero-order valence-electron chi connectivity index (χ0n) is 21.5. The minimum atomic E-state index is -0.778. The van der Waals surface area contributed by atoms with Crippen LogP contribution in [-0.4, -0.2) is 40.8 Å². The summed E-state index contributed by atoms with van der Waals surface area (Å²) in [5, 5.41) is 18.1. The van der Waals surface area contributed by atoms with Gasteiger partial charge >= 0.3 is 0 Å². The summed E-state index contributed by atoms with van der Waals surface area (Å²) in [6.45, 7) is 2.67. The Hall–Kier alpha value is -3.76. The quantitative estimate of drug-likeness (QED) is 0.218. The highest BCUT2D eigenvalue weighted by Gasteiger charge is 2.25. The lowest BCUT2D eigenvalue weighted by molar-refractivity contribution is -0.384. The van der Waals surface area contributed by atoms with Gasteiger partial charge in [0.25, 0.3) is 5.69 Å². The molecule has 0 bridgehead atoms. The lowest BCUT2D eigenvalue weighted by Crippen LogP contribution is -2.38. The maximum atomic E-state index is 12.7. The first kappa shape index (κ1) is 28.3. The average molecular weight is 595 g/mol. The second-order valence-corrected chi connectivity index (χ2v) is 10.7. The maximum Gasteiger partial charge on any atom is 0.292 e. The fourth-order valence-electron chi connectivity index (χ4n) is 4.82. The van der Waals surface area contributed by atoms with E-state index < -0.39 is 16.9 Å². The molecule has 3 aromatic rings. The molecule has 1 fully saturated rings. The molecule has 1 unspecified atom stereocenters. The molecule has 2 amide bonds. The number of nitrogens with one attached hydrogen (secondary N) is 2. The second kappa shape index (κ2) is 13.3. The summed E-state index contributed by atoms with van der Waals surface area (Å²) >= 11 is 3.37. The van der Waals surface area contributed by atoms with Crippen molar-refractivity contribution in [2.75, 3.05) is 18.4 Å². The number of piperidine rings is 1. The zero-order chi connectivity index (χ0) is 27.8. The van der Waals surface area contributed by atoms with Gasteiger partial charge in [-0.1, -0.05) is 64.5 Å². The van der Waals surface area contributed by atoms with Crippen LogP contribution in [0.25, 0.3) is 0 Å². The van der Waals surface area contributed by atoms with E-state index in [1.807, 2.05) is 42.5 Å². The van der Waals surface area contributed by atoms with Crippen molar-refractivity contribution >= 4 is 39.1 Å². The van der Waals surface area contributed by atoms with Gasteiger partial charge in [0.05, 0.1) is 23.8 Å². The molecule has 0 spiro atoms. The first-order valence-corrected chi connectivity index (χ1v) is 13.7. The lowest BCUT2D eigenvalue weighted by atomic mass is 10.00. The number of likely N-dealkylation sites (tertiary alicyclic amines) is 1. The fourth-order valence-corrected chi connectivity index (χ4v) is 5.09. The third-order valence-electron chi connectivity index (χ3n) is 6.84. The molecule has 1 heterocycles. The largest absolute Gasteiger partial charge is 0.377 e. The van der Waals surface area contributed by atoms with Gasteiger partial charge < -0.3 is 16.4 Å². The highest BCUT2D eigenvalue weighted by Crippen LogP contribution is 2.31. The Morgan fingerprint density at radius 1 is 1.03 bits per heavy atom. The minimum absolute atomic E-state index is 0.101. The normalized spacial score (nSPS) is 14.9. The van der Waals surface area contributed by atoms with Crippen molar-refractivity contribution in [3.63, 3.8) is 0 Å². The molecule has 4 rings (SSSR count). The molecule has 1 aliphatic rings. The molecule has 3 aromatic carbocycles. The summed E-state index contributed by atoms with van der Waals surface area (Å²) < 4.78 is 0.900. The number of nitrogens with two attached hydrogens (primary N) is 1. The van der Waals surface area contributed by atoms with Crippen molar-refractivity contribution < 1.29 is 14.5 Å². The van der Waals surface area contributed by atoms with Gasteiger partial charge in [0, 0.05) is 36.2 Å². The monoisotopic (exact) mass is 593 g/mol. The van der Waals surface area contributed by atoms with Gasteiger partial charge in [0.2, 0.25) is 11.8 Å². The molecule has 9 nitrogen and oxygen atoms in total.